The van der Waals surface area contributed by atoms with E-state index >= 15 is 0 Å². The van der Waals surface area contributed by atoms with Gasteiger partial charge in [0.05, 0.1) is 16.1 Å². The van der Waals surface area contributed by atoms with Crippen molar-refractivity contribution in [1.29, 1.82) is 0 Å². The summed E-state index contributed by atoms with van der Waals surface area (Å²) in [5.74, 6) is 0.106. The predicted molar refractivity (Wildman–Crippen MR) is 113 cm³/mol. The first-order valence-electron chi connectivity index (χ1n) is 9.55. The molecule has 1 atom stereocenters. The number of amides is 2. The van der Waals surface area contributed by atoms with E-state index in [0.717, 1.165) is 25.1 Å². The highest BCUT2D eigenvalue weighted by Crippen LogP contribution is 2.24. The number of likely N-dealkylation sites (tertiary alicyclic amines) is 1. The van der Waals surface area contributed by atoms with Crippen LogP contribution in [0.5, 0.6) is 0 Å². The third-order valence-corrected chi connectivity index (χ3v) is 5.42. The van der Waals surface area contributed by atoms with Gasteiger partial charge in [0, 0.05) is 39.4 Å². The minimum Gasteiger partial charge on any atom is -0.377 e. The van der Waals surface area contributed by atoms with Crippen LogP contribution in [-0.4, -0.2) is 50.4 Å². The van der Waals surface area contributed by atoms with Gasteiger partial charge in [0.1, 0.15) is 0 Å². The number of rotatable bonds is 5. The Bertz CT molecular complexity index is 853. The van der Waals surface area contributed by atoms with Gasteiger partial charge < -0.3 is 15.1 Å². The highest BCUT2D eigenvalue weighted by molar-refractivity contribution is 6.33. The third kappa shape index (κ3) is 4.65. The summed E-state index contributed by atoms with van der Waals surface area (Å²) in [4.78, 5) is 29.3. The molecule has 0 saturated carbocycles. The van der Waals surface area contributed by atoms with Crippen molar-refractivity contribution in [2.24, 2.45) is 5.92 Å². The van der Waals surface area contributed by atoms with Crippen LogP contribution in [0.4, 0.5) is 5.69 Å². The Hall–Kier alpha value is -2.53. The summed E-state index contributed by atoms with van der Waals surface area (Å²) in [7, 11) is 3.88. The topological polar surface area (TPSA) is 52.7 Å². The van der Waals surface area contributed by atoms with Gasteiger partial charge >= 0.3 is 0 Å². The molecular weight excluding hydrogens is 374 g/mol. The number of nitrogens with zero attached hydrogens (tertiary/aromatic N) is 2. The van der Waals surface area contributed by atoms with Gasteiger partial charge in [-0.05, 0) is 43.0 Å². The minimum absolute atomic E-state index is 0.0476. The van der Waals surface area contributed by atoms with Crippen LogP contribution in [-0.2, 0) is 0 Å². The van der Waals surface area contributed by atoms with Gasteiger partial charge in [-0.1, -0.05) is 35.9 Å². The Morgan fingerprint density at radius 2 is 1.79 bits per heavy atom. The van der Waals surface area contributed by atoms with E-state index in [1.807, 2.05) is 48.2 Å². The molecule has 5 nitrogen and oxygen atoms in total. The monoisotopic (exact) mass is 399 g/mol. The van der Waals surface area contributed by atoms with Gasteiger partial charge in [0.25, 0.3) is 11.8 Å². The first-order valence-corrected chi connectivity index (χ1v) is 9.93. The fourth-order valence-electron chi connectivity index (χ4n) is 3.61. The van der Waals surface area contributed by atoms with Crippen molar-refractivity contribution in [2.75, 3.05) is 38.6 Å². The van der Waals surface area contributed by atoms with Crippen molar-refractivity contribution in [3.63, 3.8) is 0 Å². The number of carbonyl (C=O) groups excluding carboxylic acids is 2. The third-order valence-electron chi connectivity index (χ3n) is 5.09. The second-order valence-corrected chi connectivity index (χ2v) is 7.77. The van der Waals surface area contributed by atoms with Crippen LogP contribution in [0, 0.1) is 5.92 Å². The molecule has 1 N–H and O–H groups in total. The summed E-state index contributed by atoms with van der Waals surface area (Å²) in [6.07, 6.45) is 1.92. The zero-order valence-electron chi connectivity index (χ0n) is 16.3. The maximum atomic E-state index is 13.1. The zero-order valence-corrected chi connectivity index (χ0v) is 17.1. The average molecular weight is 400 g/mol. The standard InChI is InChI=1S/C22H26ClN3O2/c1-25(2)20-12-6-4-10-18(20)22(28)26-13-7-8-16(15-26)14-24-21(27)17-9-3-5-11-19(17)23/h3-6,9-12,16H,7-8,13-15H2,1-2H3,(H,24,27)/t16-/m1/s1. The number of piperidine rings is 1. The lowest BCUT2D eigenvalue weighted by molar-refractivity contribution is 0.0671. The van der Waals surface area contributed by atoms with E-state index in [9.17, 15) is 9.59 Å². The molecule has 2 aromatic rings. The largest absolute Gasteiger partial charge is 0.377 e. The second-order valence-electron chi connectivity index (χ2n) is 7.36. The number of carbonyl (C=O) groups is 2. The van der Waals surface area contributed by atoms with E-state index in [0.29, 0.717) is 29.2 Å². The summed E-state index contributed by atoms with van der Waals surface area (Å²) in [5.41, 5.74) is 2.11. The van der Waals surface area contributed by atoms with Crippen LogP contribution in [0.1, 0.15) is 33.6 Å². The van der Waals surface area contributed by atoms with Crippen LogP contribution in [0.25, 0.3) is 0 Å². The molecule has 0 spiro atoms. The average Bonchev–Trinajstić information content (AvgIpc) is 2.72. The molecule has 0 unspecified atom stereocenters. The number of para-hydroxylation sites is 1. The lowest BCUT2D eigenvalue weighted by Crippen LogP contribution is -2.44. The summed E-state index contributed by atoms with van der Waals surface area (Å²) in [5, 5.41) is 3.41. The van der Waals surface area contributed by atoms with E-state index < -0.39 is 0 Å². The van der Waals surface area contributed by atoms with Gasteiger partial charge in [-0.3, -0.25) is 9.59 Å². The van der Waals surface area contributed by atoms with E-state index in [1.165, 1.54) is 0 Å². The Morgan fingerprint density at radius 3 is 2.50 bits per heavy atom. The van der Waals surface area contributed by atoms with Crippen molar-refractivity contribution >= 4 is 29.1 Å². The van der Waals surface area contributed by atoms with E-state index in [2.05, 4.69) is 5.32 Å². The smallest absolute Gasteiger partial charge is 0.255 e. The van der Waals surface area contributed by atoms with Gasteiger partial charge in [-0.25, -0.2) is 0 Å². The van der Waals surface area contributed by atoms with Crippen LogP contribution >= 0.6 is 11.6 Å². The normalized spacial score (nSPS) is 16.5. The number of nitrogens with one attached hydrogen (secondary N) is 1. The molecule has 1 saturated heterocycles. The molecule has 1 heterocycles. The highest BCUT2D eigenvalue weighted by atomic mass is 35.5. The summed E-state index contributed by atoms with van der Waals surface area (Å²) in [6.45, 7) is 1.92. The molecule has 6 heteroatoms. The van der Waals surface area contributed by atoms with Crippen molar-refractivity contribution in [3.8, 4) is 0 Å². The Balaban J connectivity index is 1.62. The molecule has 0 aromatic heterocycles. The predicted octanol–water partition coefficient (Wildman–Crippen LogP) is 3.69. The van der Waals surface area contributed by atoms with Crippen molar-refractivity contribution < 1.29 is 9.59 Å². The van der Waals surface area contributed by atoms with Crippen LogP contribution in [0.2, 0.25) is 5.02 Å². The number of halogens is 1. The molecule has 148 valence electrons. The molecule has 0 bridgehead atoms. The first kappa shape index (κ1) is 20.2. The lowest BCUT2D eigenvalue weighted by Gasteiger charge is -2.33. The van der Waals surface area contributed by atoms with E-state index in [4.69, 9.17) is 11.6 Å². The Kier molecular flexibility index (Phi) is 6.57. The molecule has 2 aromatic carbocycles. The van der Waals surface area contributed by atoms with E-state index in [-0.39, 0.29) is 17.7 Å². The van der Waals surface area contributed by atoms with Crippen LogP contribution < -0.4 is 10.2 Å². The first-order chi connectivity index (χ1) is 13.5. The molecule has 0 aliphatic carbocycles. The van der Waals surface area contributed by atoms with Crippen molar-refractivity contribution in [1.82, 2.24) is 10.2 Å². The number of hydrogen-bond donors (Lipinski definition) is 1. The molecule has 3 rings (SSSR count). The quantitative estimate of drug-likeness (QED) is 0.834. The second kappa shape index (κ2) is 9.11. The van der Waals surface area contributed by atoms with Gasteiger partial charge in [0.15, 0.2) is 0 Å². The van der Waals surface area contributed by atoms with Gasteiger partial charge in [-0.2, -0.15) is 0 Å². The molecule has 1 aliphatic rings. The summed E-state index contributed by atoms with van der Waals surface area (Å²) < 4.78 is 0. The number of anilines is 1. The highest BCUT2D eigenvalue weighted by Gasteiger charge is 2.26. The van der Waals surface area contributed by atoms with Crippen LogP contribution in [0.3, 0.4) is 0 Å². The van der Waals surface area contributed by atoms with Gasteiger partial charge in [0.2, 0.25) is 0 Å². The molecule has 0 radical (unpaired) electrons. The fraction of sp³-hybridized carbons (Fsp3) is 0.364. The zero-order chi connectivity index (χ0) is 20.1. The molecule has 28 heavy (non-hydrogen) atoms. The molecule has 2 amide bonds. The molecule has 1 fully saturated rings. The van der Waals surface area contributed by atoms with Crippen molar-refractivity contribution in [3.05, 3.63) is 64.7 Å². The molecule has 1 aliphatic heterocycles. The number of benzene rings is 2. The van der Waals surface area contributed by atoms with Crippen molar-refractivity contribution in [2.45, 2.75) is 12.8 Å². The minimum atomic E-state index is -0.174. The Labute approximate surface area is 171 Å². The van der Waals surface area contributed by atoms with Crippen LogP contribution in [0.15, 0.2) is 48.5 Å². The number of hydrogen-bond acceptors (Lipinski definition) is 3. The SMILES string of the molecule is CN(C)c1ccccc1C(=O)N1CCC[C@H](CNC(=O)c2ccccc2Cl)C1. The fourth-order valence-corrected chi connectivity index (χ4v) is 3.83. The maximum absolute atomic E-state index is 13.1. The van der Waals surface area contributed by atoms with Gasteiger partial charge in [-0.15, -0.1) is 0 Å². The Morgan fingerprint density at radius 1 is 1.11 bits per heavy atom. The maximum Gasteiger partial charge on any atom is 0.255 e. The summed E-state index contributed by atoms with van der Waals surface area (Å²) in [6, 6.07) is 14.7. The lowest BCUT2D eigenvalue weighted by atomic mass is 9.97. The summed E-state index contributed by atoms with van der Waals surface area (Å²) >= 11 is 6.10. The van der Waals surface area contributed by atoms with E-state index in [1.54, 1.807) is 24.3 Å². The molecular formula is C22H26ClN3O2.